The van der Waals surface area contributed by atoms with E-state index in [0.29, 0.717) is 42.6 Å². The van der Waals surface area contributed by atoms with Crippen LogP contribution in [0.4, 0.5) is 0 Å². The lowest BCUT2D eigenvalue weighted by Gasteiger charge is -2.34. The minimum Gasteiger partial charge on any atom is -0.490 e. The number of rotatable bonds is 8. The number of carbonyl (C=O) groups excluding carboxylic acids is 1. The van der Waals surface area contributed by atoms with Crippen molar-refractivity contribution in [2.24, 2.45) is 0 Å². The monoisotopic (exact) mass is 367 g/mol. The summed E-state index contributed by atoms with van der Waals surface area (Å²) in [4.78, 5) is 25.6. The molecule has 25 heavy (non-hydrogen) atoms. The summed E-state index contributed by atoms with van der Waals surface area (Å²) in [7, 11) is 0. The molecule has 1 aromatic rings. The van der Waals surface area contributed by atoms with E-state index in [0.717, 1.165) is 12.2 Å². The van der Waals surface area contributed by atoms with E-state index in [1.807, 2.05) is 13.8 Å². The third-order valence-electron chi connectivity index (χ3n) is 3.85. The van der Waals surface area contributed by atoms with Gasteiger partial charge >= 0.3 is 5.97 Å². The number of amides is 1. The fraction of sp³-hybridized carbons (Fsp3) is 0.556. The van der Waals surface area contributed by atoms with Crippen LogP contribution in [0.1, 0.15) is 37.0 Å². The van der Waals surface area contributed by atoms with Gasteiger partial charge in [-0.1, -0.05) is 6.92 Å². The van der Waals surface area contributed by atoms with Crippen molar-refractivity contribution in [3.63, 3.8) is 0 Å². The lowest BCUT2D eigenvalue weighted by Crippen LogP contribution is -2.47. The van der Waals surface area contributed by atoms with Crippen LogP contribution in [0.2, 0.25) is 0 Å². The number of hydrogen-bond acceptors (Lipinski definition) is 5. The summed E-state index contributed by atoms with van der Waals surface area (Å²) in [5, 5.41) is 9.08. The van der Waals surface area contributed by atoms with E-state index in [1.165, 1.54) is 0 Å². The van der Waals surface area contributed by atoms with Crippen molar-refractivity contribution < 1.29 is 24.2 Å². The molecule has 7 heteroatoms. The van der Waals surface area contributed by atoms with Crippen molar-refractivity contribution in [3.05, 3.63) is 23.8 Å². The Kier molecular flexibility index (Phi) is 7.43. The Morgan fingerprint density at radius 3 is 2.76 bits per heavy atom. The minimum atomic E-state index is -0.886. The molecular weight excluding hydrogens is 342 g/mol. The highest BCUT2D eigenvalue weighted by atomic mass is 32.2. The zero-order valence-corrected chi connectivity index (χ0v) is 15.5. The standard InChI is InChI=1S/C18H25NO5S/c1-3-8-24-15-6-5-13(10-16(15)23-4-2)18(22)19-7-9-25-12-14(19)11-17(20)21/h5-6,10,14H,3-4,7-9,11-12H2,1-2H3,(H,20,21). The van der Waals surface area contributed by atoms with Gasteiger partial charge in [0, 0.05) is 23.6 Å². The Morgan fingerprint density at radius 2 is 2.08 bits per heavy atom. The number of carboxylic acids is 1. The highest BCUT2D eigenvalue weighted by molar-refractivity contribution is 7.99. The molecule has 1 fully saturated rings. The van der Waals surface area contributed by atoms with Gasteiger partial charge in [-0.3, -0.25) is 9.59 Å². The summed E-state index contributed by atoms with van der Waals surface area (Å²) in [5.74, 6) is 1.59. The summed E-state index contributed by atoms with van der Waals surface area (Å²) in [6.07, 6.45) is 0.851. The van der Waals surface area contributed by atoms with Gasteiger partial charge in [-0.05, 0) is 31.5 Å². The van der Waals surface area contributed by atoms with E-state index in [-0.39, 0.29) is 18.4 Å². The van der Waals surface area contributed by atoms with Gasteiger partial charge in [0.15, 0.2) is 11.5 Å². The predicted octanol–water partition coefficient (Wildman–Crippen LogP) is 2.91. The summed E-state index contributed by atoms with van der Waals surface area (Å²) < 4.78 is 11.3. The summed E-state index contributed by atoms with van der Waals surface area (Å²) in [5.41, 5.74) is 0.495. The van der Waals surface area contributed by atoms with E-state index in [4.69, 9.17) is 14.6 Å². The first kappa shape index (κ1) is 19.4. The summed E-state index contributed by atoms with van der Waals surface area (Å²) in [6, 6.07) is 4.88. The molecule has 138 valence electrons. The van der Waals surface area contributed by atoms with Crippen LogP contribution in [-0.2, 0) is 4.79 Å². The zero-order valence-electron chi connectivity index (χ0n) is 14.7. The van der Waals surface area contributed by atoms with Crippen molar-refractivity contribution in [2.75, 3.05) is 31.3 Å². The topological polar surface area (TPSA) is 76.1 Å². The molecule has 1 aliphatic heterocycles. The van der Waals surface area contributed by atoms with E-state index in [1.54, 1.807) is 34.9 Å². The van der Waals surface area contributed by atoms with Crippen LogP contribution in [0.25, 0.3) is 0 Å². The van der Waals surface area contributed by atoms with E-state index in [9.17, 15) is 9.59 Å². The van der Waals surface area contributed by atoms with Crippen LogP contribution in [0, 0.1) is 0 Å². The van der Waals surface area contributed by atoms with Crippen LogP contribution in [0.15, 0.2) is 18.2 Å². The molecule has 6 nitrogen and oxygen atoms in total. The molecule has 0 saturated carbocycles. The predicted molar refractivity (Wildman–Crippen MR) is 97.8 cm³/mol. The minimum absolute atomic E-state index is 0.0330. The molecule has 1 atom stereocenters. The Labute approximate surface area is 152 Å². The largest absolute Gasteiger partial charge is 0.490 e. The van der Waals surface area contributed by atoms with Gasteiger partial charge in [0.25, 0.3) is 5.91 Å². The van der Waals surface area contributed by atoms with Gasteiger partial charge in [-0.2, -0.15) is 11.8 Å². The molecular formula is C18H25NO5S. The average Bonchev–Trinajstić information content (AvgIpc) is 2.60. The second-order valence-electron chi connectivity index (χ2n) is 5.77. The summed E-state index contributed by atoms with van der Waals surface area (Å²) >= 11 is 1.68. The lowest BCUT2D eigenvalue weighted by molar-refractivity contribution is -0.138. The Balaban J connectivity index is 2.21. The van der Waals surface area contributed by atoms with Gasteiger partial charge < -0.3 is 19.5 Å². The van der Waals surface area contributed by atoms with E-state index >= 15 is 0 Å². The summed E-state index contributed by atoms with van der Waals surface area (Å²) in [6.45, 7) is 5.51. The van der Waals surface area contributed by atoms with Crippen LogP contribution >= 0.6 is 11.8 Å². The maximum atomic E-state index is 12.9. The SMILES string of the molecule is CCCOc1ccc(C(=O)N2CCSCC2CC(=O)O)cc1OCC. The quantitative estimate of drug-likeness (QED) is 0.761. The zero-order chi connectivity index (χ0) is 18.2. The maximum Gasteiger partial charge on any atom is 0.305 e. The molecule has 1 unspecified atom stereocenters. The first-order valence-corrected chi connectivity index (χ1v) is 9.72. The second-order valence-corrected chi connectivity index (χ2v) is 6.92. The smallest absolute Gasteiger partial charge is 0.305 e. The van der Waals surface area contributed by atoms with E-state index in [2.05, 4.69) is 0 Å². The molecule has 0 aromatic heterocycles. The molecule has 0 aliphatic carbocycles. The molecule has 1 N–H and O–H groups in total. The van der Waals surface area contributed by atoms with Gasteiger partial charge in [0.2, 0.25) is 0 Å². The molecule has 2 rings (SSSR count). The lowest BCUT2D eigenvalue weighted by atomic mass is 10.1. The van der Waals surface area contributed by atoms with Crippen molar-refractivity contribution in [2.45, 2.75) is 32.7 Å². The molecule has 1 amide bonds. The number of thioether (sulfide) groups is 1. The Hall–Kier alpha value is -1.89. The fourth-order valence-corrected chi connectivity index (χ4v) is 3.76. The Morgan fingerprint density at radius 1 is 1.28 bits per heavy atom. The highest BCUT2D eigenvalue weighted by Crippen LogP contribution is 2.30. The van der Waals surface area contributed by atoms with Crippen molar-refractivity contribution in [1.82, 2.24) is 4.90 Å². The Bertz CT molecular complexity index is 607. The van der Waals surface area contributed by atoms with Crippen LogP contribution in [0.3, 0.4) is 0 Å². The fourth-order valence-electron chi connectivity index (χ4n) is 2.70. The normalized spacial score (nSPS) is 17.2. The van der Waals surface area contributed by atoms with Gasteiger partial charge in [0.05, 0.1) is 25.7 Å². The number of carboxylic acid groups (broad SMARTS) is 1. The molecule has 1 aliphatic rings. The van der Waals surface area contributed by atoms with Gasteiger partial charge in [-0.25, -0.2) is 0 Å². The number of ether oxygens (including phenoxy) is 2. The molecule has 0 spiro atoms. The molecule has 0 radical (unpaired) electrons. The molecule has 1 heterocycles. The van der Waals surface area contributed by atoms with Crippen LogP contribution in [-0.4, -0.2) is 59.2 Å². The first-order chi connectivity index (χ1) is 12.1. The molecule has 0 bridgehead atoms. The van der Waals surface area contributed by atoms with E-state index < -0.39 is 5.97 Å². The van der Waals surface area contributed by atoms with Crippen LogP contribution < -0.4 is 9.47 Å². The van der Waals surface area contributed by atoms with Crippen molar-refractivity contribution in [3.8, 4) is 11.5 Å². The number of carbonyl (C=O) groups is 2. The highest BCUT2D eigenvalue weighted by Gasteiger charge is 2.30. The van der Waals surface area contributed by atoms with Crippen LogP contribution in [0.5, 0.6) is 11.5 Å². The molecule has 1 saturated heterocycles. The third kappa shape index (κ3) is 5.29. The molecule has 1 aromatic carbocycles. The number of benzene rings is 1. The number of nitrogens with zero attached hydrogens (tertiary/aromatic N) is 1. The van der Waals surface area contributed by atoms with Gasteiger partial charge in [-0.15, -0.1) is 0 Å². The maximum absolute atomic E-state index is 12.9. The second kappa shape index (κ2) is 9.56. The average molecular weight is 367 g/mol. The number of hydrogen-bond donors (Lipinski definition) is 1. The van der Waals surface area contributed by atoms with Crippen molar-refractivity contribution in [1.29, 1.82) is 0 Å². The van der Waals surface area contributed by atoms with Gasteiger partial charge in [0.1, 0.15) is 0 Å². The first-order valence-electron chi connectivity index (χ1n) is 8.57. The van der Waals surface area contributed by atoms with Crippen molar-refractivity contribution >= 4 is 23.6 Å². The number of aliphatic carboxylic acids is 1. The third-order valence-corrected chi connectivity index (χ3v) is 4.94.